The lowest BCUT2D eigenvalue weighted by Gasteiger charge is -2.24. The van der Waals surface area contributed by atoms with Crippen LogP contribution in [-0.2, 0) is 6.42 Å². The molecule has 3 aromatic rings. The number of para-hydroxylation sites is 1. The summed E-state index contributed by atoms with van der Waals surface area (Å²) in [6, 6.07) is 20.8. The Balaban J connectivity index is 1.75. The lowest BCUT2D eigenvalue weighted by molar-refractivity contribution is -0.550. The van der Waals surface area contributed by atoms with E-state index in [1.165, 1.54) is 0 Å². The SMILES string of the molecule is Cc1c(C#N)c(NCCc2ccccc2)nc(Nc2ccccc2)c1N=NC1=C(C(F)(F)F)CC(C)([N+](=O)[O-])C=C1. The van der Waals surface area contributed by atoms with Crippen LogP contribution in [0.3, 0.4) is 0 Å². The third-order valence-electron chi connectivity index (χ3n) is 6.57. The van der Waals surface area contributed by atoms with Crippen molar-refractivity contribution in [2.24, 2.45) is 10.2 Å². The molecule has 2 N–H and O–H groups in total. The number of rotatable bonds is 9. The van der Waals surface area contributed by atoms with Gasteiger partial charge >= 0.3 is 6.18 Å². The third kappa shape index (κ3) is 6.75. The molecular formula is C29H26F3N7O2. The number of aromatic nitrogens is 1. The molecule has 0 spiro atoms. The van der Waals surface area contributed by atoms with Gasteiger partial charge < -0.3 is 10.6 Å². The van der Waals surface area contributed by atoms with Crippen LogP contribution in [0.25, 0.3) is 0 Å². The van der Waals surface area contributed by atoms with Crippen molar-refractivity contribution < 1.29 is 18.1 Å². The first-order chi connectivity index (χ1) is 19.5. The molecule has 41 heavy (non-hydrogen) atoms. The predicted molar refractivity (Wildman–Crippen MR) is 149 cm³/mol. The van der Waals surface area contributed by atoms with Crippen molar-refractivity contribution in [2.75, 3.05) is 17.2 Å². The van der Waals surface area contributed by atoms with E-state index in [9.17, 15) is 28.5 Å². The van der Waals surface area contributed by atoms with Crippen molar-refractivity contribution in [1.82, 2.24) is 4.98 Å². The van der Waals surface area contributed by atoms with E-state index in [1.54, 1.807) is 31.2 Å². The summed E-state index contributed by atoms with van der Waals surface area (Å²) < 4.78 is 41.7. The molecule has 210 valence electrons. The van der Waals surface area contributed by atoms with Crippen LogP contribution >= 0.6 is 0 Å². The number of azo groups is 1. The molecule has 1 heterocycles. The highest BCUT2D eigenvalue weighted by Crippen LogP contribution is 2.41. The minimum absolute atomic E-state index is 0.0593. The molecule has 0 aliphatic heterocycles. The number of benzene rings is 2. The average Bonchev–Trinajstić information content (AvgIpc) is 2.94. The minimum atomic E-state index is -4.86. The minimum Gasteiger partial charge on any atom is -0.369 e. The van der Waals surface area contributed by atoms with Crippen LogP contribution in [0.4, 0.5) is 36.2 Å². The summed E-state index contributed by atoms with van der Waals surface area (Å²) in [5.74, 6) is 0.454. The molecule has 2 aromatic carbocycles. The van der Waals surface area contributed by atoms with Gasteiger partial charge in [0.2, 0.25) is 5.54 Å². The lowest BCUT2D eigenvalue weighted by atomic mass is 9.87. The monoisotopic (exact) mass is 561 g/mol. The number of nitrogens with zero attached hydrogens (tertiary/aromatic N) is 5. The van der Waals surface area contributed by atoms with Gasteiger partial charge in [-0.25, -0.2) is 4.98 Å². The van der Waals surface area contributed by atoms with Gasteiger partial charge in [-0.1, -0.05) is 48.5 Å². The lowest BCUT2D eigenvalue weighted by Crippen LogP contribution is -2.37. The summed E-state index contributed by atoms with van der Waals surface area (Å²) in [6.45, 7) is 3.19. The molecule has 4 rings (SSSR count). The van der Waals surface area contributed by atoms with E-state index in [0.29, 0.717) is 24.2 Å². The standard InChI is InChI=1S/C29H26F3N7O2/c1-19-22(18-33)26(34-16-14-20-9-5-3-6-10-20)36-27(35-21-11-7-4-8-12-21)25(19)38-37-24-13-15-28(2,39(40)41)17-23(24)29(30,31)32/h3-13,15H,14,16-17H2,1-2H3,(H2,34,35,36). The highest BCUT2D eigenvalue weighted by atomic mass is 19.4. The van der Waals surface area contributed by atoms with Crippen molar-refractivity contribution in [1.29, 1.82) is 5.26 Å². The Kier molecular flexibility index (Phi) is 8.47. The maximum atomic E-state index is 13.9. The van der Waals surface area contributed by atoms with E-state index in [-0.39, 0.29) is 22.9 Å². The molecule has 1 aliphatic carbocycles. The van der Waals surface area contributed by atoms with E-state index in [4.69, 9.17) is 0 Å². The van der Waals surface area contributed by atoms with Gasteiger partial charge in [-0.05, 0) is 43.2 Å². The first-order valence-corrected chi connectivity index (χ1v) is 12.6. The zero-order valence-electron chi connectivity index (χ0n) is 22.2. The van der Waals surface area contributed by atoms with E-state index in [2.05, 4.69) is 31.9 Å². The fraction of sp³-hybridized carbons (Fsp3) is 0.241. The second-order valence-electron chi connectivity index (χ2n) is 9.61. The fourth-order valence-corrected chi connectivity index (χ4v) is 4.23. The smallest absolute Gasteiger partial charge is 0.369 e. The van der Waals surface area contributed by atoms with Crippen LogP contribution < -0.4 is 10.6 Å². The van der Waals surface area contributed by atoms with Gasteiger partial charge in [-0.15, -0.1) is 5.11 Å². The summed E-state index contributed by atoms with van der Waals surface area (Å²) in [5.41, 5.74) is -1.36. The van der Waals surface area contributed by atoms with Crippen LogP contribution in [-0.4, -0.2) is 28.2 Å². The van der Waals surface area contributed by atoms with Crippen molar-refractivity contribution in [3.05, 3.63) is 111 Å². The number of pyridine rings is 1. The normalized spacial score (nSPS) is 17.0. The highest BCUT2D eigenvalue weighted by molar-refractivity contribution is 5.77. The molecule has 9 nitrogen and oxygen atoms in total. The molecule has 0 radical (unpaired) electrons. The second kappa shape index (κ2) is 12.0. The molecule has 1 unspecified atom stereocenters. The number of nitrogens with one attached hydrogen (secondary N) is 2. The number of anilines is 3. The van der Waals surface area contributed by atoms with Crippen LogP contribution in [0.1, 0.15) is 30.0 Å². The Bertz CT molecular complexity index is 1560. The number of nitriles is 1. The molecule has 0 fully saturated rings. The maximum absolute atomic E-state index is 13.9. The number of nitro groups is 1. The van der Waals surface area contributed by atoms with Crippen LogP contribution in [0.5, 0.6) is 0 Å². The summed E-state index contributed by atoms with van der Waals surface area (Å²) in [5, 5.41) is 35.6. The van der Waals surface area contributed by atoms with Crippen molar-refractivity contribution in [3.63, 3.8) is 0 Å². The Morgan fingerprint density at radius 1 is 1.10 bits per heavy atom. The Labute approximate surface area is 234 Å². The van der Waals surface area contributed by atoms with E-state index in [1.807, 2.05) is 36.4 Å². The Morgan fingerprint density at radius 3 is 2.37 bits per heavy atom. The number of halogens is 3. The summed E-state index contributed by atoms with van der Waals surface area (Å²) in [6.07, 6.45) is -3.06. The predicted octanol–water partition coefficient (Wildman–Crippen LogP) is 7.56. The van der Waals surface area contributed by atoms with Gasteiger partial charge in [-0.3, -0.25) is 10.1 Å². The Hall–Kier alpha value is -5.05. The molecule has 0 bridgehead atoms. The number of hydrogen-bond donors (Lipinski definition) is 2. The third-order valence-corrected chi connectivity index (χ3v) is 6.57. The quantitative estimate of drug-likeness (QED) is 0.158. The molecule has 1 aromatic heterocycles. The fourth-order valence-electron chi connectivity index (χ4n) is 4.23. The molecular weight excluding hydrogens is 535 g/mol. The molecule has 1 atom stereocenters. The van der Waals surface area contributed by atoms with E-state index >= 15 is 0 Å². The van der Waals surface area contributed by atoms with Gasteiger partial charge in [0, 0.05) is 29.6 Å². The number of hydrogen-bond acceptors (Lipinski definition) is 8. The van der Waals surface area contributed by atoms with Crippen LogP contribution in [0.2, 0.25) is 0 Å². The molecule has 0 saturated carbocycles. The van der Waals surface area contributed by atoms with Gasteiger partial charge in [-0.2, -0.15) is 23.5 Å². The highest BCUT2D eigenvalue weighted by Gasteiger charge is 2.47. The molecule has 12 heteroatoms. The topological polar surface area (TPSA) is 129 Å². The first kappa shape index (κ1) is 28.9. The Morgan fingerprint density at radius 2 is 1.76 bits per heavy atom. The van der Waals surface area contributed by atoms with E-state index < -0.39 is 34.3 Å². The number of allylic oxidation sites excluding steroid dienone is 1. The van der Waals surface area contributed by atoms with Crippen LogP contribution in [0.15, 0.2) is 94.3 Å². The molecule has 0 saturated heterocycles. The zero-order valence-corrected chi connectivity index (χ0v) is 22.2. The first-order valence-electron chi connectivity index (χ1n) is 12.6. The molecule has 0 amide bonds. The van der Waals surface area contributed by atoms with Crippen molar-refractivity contribution in [3.8, 4) is 6.07 Å². The number of alkyl halides is 3. The summed E-state index contributed by atoms with van der Waals surface area (Å²) in [7, 11) is 0. The summed E-state index contributed by atoms with van der Waals surface area (Å²) >= 11 is 0. The van der Waals surface area contributed by atoms with Crippen LogP contribution in [0, 0.1) is 28.4 Å². The zero-order chi connectivity index (χ0) is 29.6. The summed E-state index contributed by atoms with van der Waals surface area (Å²) in [4.78, 5) is 15.2. The molecule has 1 aliphatic rings. The van der Waals surface area contributed by atoms with Gasteiger partial charge in [0.1, 0.15) is 17.6 Å². The largest absolute Gasteiger partial charge is 0.415 e. The van der Waals surface area contributed by atoms with Crippen molar-refractivity contribution >= 4 is 23.0 Å². The van der Waals surface area contributed by atoms with Gasteiger partial charge in [0.05, 0.1) is 23.3 Å². The maximum Gasteiger partial charge on any atom is 0.415 e. The van der Waals surface area contributed by atoms with Crippen molar-refractivity contribution in [2.45, 2.75) is 38.4 Å². The van der Waals surface area contributed by atoms with Gasteiger partial charge in [0.15, 0.2) is 5.82 Å². The van der Waals surface area contributed by atoms with Gasteiger partial charge in [0.25, 0.3) is 0 Å². The average molecular weight is 562 g/mol. The van der Waals surface area contributed by atoms with E-state index in [0.717, 1.165) is 24.6 Å². The second-order valence-corrected chi connectivity index (χ2v) is 9.61.